The second kappa shape index (κ2) is 7.87. The minimum absolute atomic E-state index is 0.115. The first-order valence-corrected chi connectivity index (χ1v) is 8.86. The third-order valence-corrected chi connectivity index (χ3v) is 4.22. The molecule has 9 heteroatoms. The highest BCUT2D eigenvalue weighted by molar-refractivity contribution is 6.02. The van der Waals surface area contributed by atoms with Gasteiger partial charge in [-0.05, 0) is 30.7 Å². The largest absolute Gasteiger partial charge is 0.455 e. The monoisotopic (exact) mass is 377 g/mol. The smallest absolute Gasteiger partial charge is 0.225 e. The number of amides is 1. The average Bonchev–Trinajstić information content (AvgIpc) is 3.32. The maximum Gasteiger partial charge on any atom is 0.225 e. The van der Waals surface area contributed by atoms with Crippen LogP contribution in [0.3, 0.4) is 0 Å². The van der Waals surface area contributed by atoms with E-state index >= 15 is 0 Å². The maximum absolute atomic E-state index is 12.4. The number of rotatable bonds is 7. The van der Waals surface area contributed by atoms with Crippen molar-refractivity contribution in [2.45, 2.75) is 19.4 Å². The summed E-state index contributed by atoms with van der Waals surface area (Å²) < 4.78 is 9.39. The number of fused-ring (bicyclic) bond motifs is 1. The van der Waals surface area contributed by atoms with Crippen molar-refractivity contribution in [2.24, 2.45) is 7.05 Å². The van der Waals surface area contributed by atoms with Gasteiger partial charge in [-0.3, -0.25) is 19.1 Å². The number of aryl methyl sites for hydroxylation is 2. The molecular weight excluding hydrogens is 358 g/mol. The topological polar surface area (TPSA) is 99.8 Å². The van der Waals surface area contributed by atoms with Crippen LogP contribution in [0.2, 0.25) is 0 Å². The van der Waals surface area contributed by atoms with E-state index < -0.39 is 0 Å². The van der Waals surface area contributed by atoms with Crippen LogP contribution in [0.1, 0.15) is 12.8 Å². The zero-order valence-corrected chi connectivity index (χ0v) is 15.3. The van der Waals surface area contributed by atoms with Gasteiger partial charge in [0.05, 0.1) is 17.1 Å². The Hall–Kier alpha value is -3.75. The first-order valence-electron chi connectivity index (χ1n) is 8.86. The van der Waals surface area contributed by atoms with Crippen LogP contribution < -0.4 is 10.1 Å². The van der Waals surface area contributed by atoms with E-state index in [0.717, 1.165) is 10.9 Å². The number of aromatic nitrogens is 6. The zero-order valence-electron chi connectivity index (χ0n) is 15.3. The molecule has 4 rings (SSSR count). The van der Waals surface area contributed by atoms with Gasteiger partial charge in [0.15, 0.2) is 5.82 Å². The molecule has 4 aromatic rings. The van der Waals surface area contributed by atoms with Crippen LogP contribution in [-0.2, 0) is 18.4 Å². The van der Waals surface area contributed by atoms with E-state index in [-0.39, 0.29) is 5.91 Å². The molecule has 0 saturated heterocycles. The second-order valence-electron chi connectivity index (χ2n) is 6.22. The Labute approximate surface area is 161 Å². The lowest BCUT2D eigenvalue weighted by molar-refractivity contribution is -0.116. The first-order chi connectivity index (χ1) is 13.7. The lowest BCUT2D eigenvalue weighted by Gasteiger charge is -2.08. The van der Waals surface area contributed by atoms with Gasteiger partial charge in [-0.25, -0.2) is 4.98 Å². The number of nitrogens with one attached hydrogen (secondary N) is 1. The molecule has 0 spiro atoms. The molecule has 0 aliphatic carbocycles. The molecule has 3 heterocycles. The van der Waals surface area contributed by atoms with E-state index in [1.165, 1.54) is 6.33 Å². The number of pyridine rings is 1. The Morgan fingerprint density at radius 2 is 2.14 bits per heavy atom. The van der Waals surface area contributed by atoms with Gasteiger partial charge in [0.25, 0.3) is 0 Å². The highest BCUT2D eigenvalue weighted by atomic mass is 16.5. The van der Waals surface area contributed by atoms with E-state index in [4.69, 9.17) is 4.74 Å². The Balaban J connectivity index is 1.52. The maximum atomic E-state index is 12.4. The fourth-order valence-corrected chi connectivity index (χ4v) is 2.93. The molecule has 0 bridgehead atoms. The number of hydrogen-bond donors (Lipinski definition) is 1. The number of carbonyl (C=O) groups excluding carboxylic acids is 1. The van der Waals surface area contributed by atoms with Crippen LogP contribution in [0.4, 0.5) is 5.82 Å². The van der Waals surface area contributed by atoms with Crippen LogP contribution in [0.25, 0.3) is 10.9 Å². The summed E-state index contributed by atoms with van der Waals surface area (Å²) in [7, 11) is 1.83. The van der Waals surface area contributed by atoms with Crippen LogP contribution in [0.15, 0.2) is 55.4 Å². The molecular formula is C19H19N7O2. The molecule has 0 atom stereocenters. The molecule has 28 heavy (non-hydrogen) atoms. The summed E-state index contributed by atoms with van der Waals surface area (Å²) in [5.74, 6) is 1.58. The average molecular weight is 377 g/mol. The van der Waals surface area contributed by atoms with Gasteiger partial charge in [0.2, 0.25) is 5.91 Å². The minimum atomic E-state index is -0.115. The molecule has 0 unspecified atom stereocenters. The van der Waals surface area contributed by atoms with Gasteiger partial charge in [0.1, 0.15) is 24.2 Å². The predicted octanol–water partition coefficient (Wildman–Crippen LogP) is 2.77. The predicted molar refractivity (Wildman–Crippen MR) is 103 cm³/mol. The summed E-state index contributed by atoms with van der Waals surface area (Å²) in [5.41, 5.74) is 0.860. The Bertz CT molecular complexity index is 1070. The third-order valence-electron chi connectivity index (χ3n) is 4.22. The quantitative estimate of drug-likeness (QED) is 0.532. The highest BCUT2D eigenvalue weighted by Crippen LogP contribution is 2.34. The molecule has 0 radical (unpaired) electrons. The molecule has 0 aliphatic heterocycles. The summed E-state index contributed by atoms with van der Waals surface area (Å²) in [5, 5.41) is 12.1. The summed E-state index contributed by atoms with van der Waals surface area (Å²) in [6.07, 6.45) is 7.43. The van der Waals surface area contributed by atoms with Gasteiger partial charge >= 0.3 is 0 Å². The molecule has 1 amide bonds. The van der Waals surface area contributed by atoms with Gasteiger partial charge < -0.3 is 10.1 Å². The lowest BCUT2D eigenvalue weighted by Crippen LogP contribution is -2.13. The van der Waals surface area contributed by atoms with Gasteiger partial charge in [-0.15, -0.1) is 0 Å². The van der Waals surface area contributed by atoms with Crippen molar-refractivity contribution in [1.29, 1.82) is 0 Å². The third kappa shape index (κ3) is 3.83. The summed E-state index contributed by atoms with van der Waals surface area (Å²) in [6, 6.07) is 9.29. The van der Waals surface area contributed by atoms with E-state index in [2.05, 4.69) is 25.5 Å². The second-order valence-corrected chi connectivity index (χ2v) is 6.22. The van der Waals surface area contributed by atoms with E-state index in [1.807, 2.05) is 31.3 Å². The standard InChI is InChI=1S/C19H19N7O2/c1-25-15-6-2-7-16(28-14-5-3-9-20-11-14)18(15)19(24-25)23-17(27)8-4-10-26-13-21-12-22-26/h2-3,5-7,9,11-13H,4,8,10H2,1H3,(H,23,24,27). The summed E-state index contributed by atoms with van der Waals surface area (Å²) in [6.45, 7) is 0.631. The molecule has 0 saturated carbocycles. The number of carbonyl (C=O) groups is 1. The Morgan fingerprint density at radius 1 is 1.21 bits per heavy atom. The normalized spacial score (nSPS) is 10.9. The van der Waals surface area contributed by atoms with Gasteiger partial charge in [-0.1, -0.05) is 6.07 Å². The minimum Gasteiger partial charge on any atom is -0.455 e. The molecule has 0 fully saturated rings. The molecule has 9 nitrogen and oxygen atoms in total. The van der Waals surface area contributed by atoms with Gasteiger partial charge in [0, 0.05) is 26.2 Å². The molecule has 1 aromatic carbocycles. The van der Waals surface area contributed by atoms with Crippen LogP contribution in [-0.4, -0.2) is 35.4 Å². The number of hydrogen-bond acceptors (Lipinski definition) is 6. The van der Waals surface area contributed by atoms with Crippen molar-refractivity contribution in [2.75, 3.05) is 5.32 Å². The Morgan fingerprint density at radius 3 is 2.93 bits per heavy atom. The van der Waals surface area contributed by atoms with Crippen molar-refractivity contribution in [3.8, 4) is 11.5 Å². The Kier molecular flexibility index (Phi) is 4.96. The van der Waals surface area contributed by atoms with Crippen LogP contribution >= 0.6 is 0 Å². The number of anilines is 1. The lowest BCUT2D eigenvalue weighted by atomic mass is 10.2. The molecule has 142 valence electrons. The van der Waals surface area contributed by atoms with Crippen molar-refractivity contribution in [1.82, 2.24) is 29.5 Å². The van der Waals surface area contributed by atoms with Gasteiger partial charge in [-0.2, -0.15) is 10.2 Å². The fourth-order valence-electron chi connectivity index (χ4n) is 2.93. The molecule has 1 N–H and O–H groups in total. The van der Waals surface area contributed by atoms with Crippen molar-refractivity contribution >= 4 is 22.6 Å². The molecule has 0 aliphatic rings. The van der Waals surface area contributed by atoms with Crippen molar-refractivity contribution < 1.29 is 9.53 Å². The molecule has 3 aromatic heterocycles. The summed E-state index contributed by atoms with van der Waals surface area (Å²) in [4.78, 5) is 20.4. The fraction of sp³-hybridized carbons (Fsp3) is 0.211. The van der Waals surface area contributed by atoms with E-state index in [0.29, 0.717) is 36.7 Å². The van der Waals surface area contributed by atoms with Crippen LogP contribution in [0, 0.1) is 0 Å². The highest BCUT2D eigenvalue weighted by Gasteiger charge is 2.16. The first kappa shape index (κ1) is 17.7. The SMILES string of the molecule is Cn1nc(NC(=O)CCCn2cncn2)c2c(Oc3cccnc3)cccc21. The van der Waals surface area contributed by atoms with E-state index in [9.17, 15) is 4.79 Å². The number of nitrogens with zero attached hydrogens (tertiary/aromatic N) is 6. The van der Waals surface area contributed by atoms with Crippen molar-refractivity contribution in [3.05, 3.63) is 55.4 Å². The zero-order chi connectivity index (χ0) is 19.3. The van der Waals surface area contributed by atoms with E-state index in [1.54, 1.807) is 34.2 Å². The number of ether oxygens (including phenoxy) is 1. The summed E-state index contributed by atoms with van der Waals surface area (Å²) >= 11 is 0. The number of benzene rings is 1. The van der Waals surface area contributed by atoms with Crippen LogP contribution in [0.5, 0.6) is 11.5 Å². The van der Waals surface area contributed by atoms with Crippen molar-refractivity contribution in [3.63, 3.8) is 0 Å².